The fourth-order valence-corrected chi connectivity index (χ4v) is 1.79. The van der Waals surface area contributed by atoms with Gasteiger partial charge in [0.15, 0.2) is 6.61 Å². The Morgan fingerprint density at radius 2 is 2.09 bits per heavy atom. The number of halogens is 3. The highest BCUT2D eigenvalue weighted by atomic mass is 35.5. The first kappa shape index (κ1) is 16.8. The number of furan rings is 1. The first-order valence-corrected chi connectivity index (χ1v) is 6.57. The number of benzene rings is 1. The van der Waals surface area contributed by atoms with E-state index >= 15 is 0 Å². The number of rotatable bonds is 6. The molecule has 122 valence electrons. The van der Waals surface area contributed by atoms with Crippen LogP contribution in [0.5, 0.6) is 5.75 Å². The van der Waals surface area contributed by atoms with Gasteiger partial charge in [0.25, 0.3) is 5.91 Å². The van der Waals surface area contributed by atoms with Crippen LogP contribution in [0, 0.1) is 0 Å². The van der Waals surface area contributed by atoms with E-state index in [-0.39, 0.29) is 22.0 Å². The molecule has 2 rings (SSSR count). The molecule has 2 aromatic rings. The van der Waals surface area contributed by atoms with Crippen molar-refractivity contribution in [3.05, 3.63) is 47.4 Å². The molecule has 0 spiro atoms. The van der Waals surface area contributed by atoms with Gasteiger partial charge in [-0.2, -0.15) is 8.78 Å². The van der Waals surface area contributed by atoms with E-state index in [1.54, 1.807) is 0 Å². The van der Waals surface area contributed by atoms with Gasteiger partial charge in [-0.25, -0.2) is 4.79 Å². The van der Waals surface area contributed by atoms with Crippen LogP contribution in [0.3, 0.4) is 0 Å². The van der Waals surface area contributed by atoms with E-state index in [9.17, 15) is 18.4 Å². The third-order valence-electron chi connectivity index (χ3n) is 2.52. The largest absolute Gasteiger partial charge is 0.472 e. The fourth-order valence-electron chi connectivity index (χ4n) is 1.56. The number of ether oxygens (including phenoxy) is 2. The van der Waals surface area contributed by atoms with Crippen molar-refractivity contribution >= 4 is 29.2 Å². The molecule has 0 fully saturated rings. The average Bonchev–Trinajstić information content (AvgIpc) is 3.01. The first-order chi connectivity index (χ1) is 11.0. The monoisotopic (exact) mass is 345 g/mol. The van der Waals surface area contributed by atoms with Crippen LogP contribution < -0.4 is 10.1 Å². The molecular weight excluding hydrogens is 336 g/mol. The lowest BCUT2D eigenvalue weighted by Gasteiger charge is -2.09. The molecule has 0 unspecified atom stereocenters. The number of amides is 1. The second-order valence-corrected chi connectivity index (χ2v) is 4.57. The number of carbonyl (C=O) groups excluding carboxylic acids is 2. The second kappa shape index (κ2) is 7.59. The summed E-state index contributed by atoms with van der Waals surface area (Å²) in [6.07, 6.45) is 2.48. The van der Waals surface area contributed by atoms with Gasteiger partial charge in [-0.15, -0.1) is 0 Å². The molecule has 1 N–H and O–H groups in total. The van der Waals surface area contributed by atoms with Crippen LogP contribution in [0.4, 0.5) is 14.5 Å². The number of carbonyl (C=O) groups is 2. The molecule has 6 nitrogen and oxygen atoms in total. The molecule has 0 aliphatic heterocycles. The summed E-state index contributed by atoms with van der Waals surface area (Å²) in [4.78, 5) is 23.1. The molecule has 23 heavy (non-hydrogen) atoms. The molecular formula is C14H10ClF2NO5. The number of anilines is 1. The summed E-state index contributed by atoms with van der Waals surface area (Å²) in [6, 6.07) is 5.12. The summed E-state index contributed by atoms with van der Waals surface area (Å²) in [5.41, 5.74) is 0.412. The molecule has 0 aliphatic rings. The normalized spacial score (nSPS) is 10.4. The van der Waals surface area contributed by atoms with Crippen molar-refractivity contribution in [2.75, 3.05) is 11.9 Å². The lowest BCUT2D eigenvalue weighted by molar-refractivity contribution is -0.119. The molecule has 9 heteroatoms. The van der Waals surface area contributed by atoms with E-state index in [0.717, 1.165) is 0 Å². The van der Waals surface area contributed by atoms with Crippen molar-refractivity contribution in [1.29, 1.82) is 0 Å². The van der Waals surface area contributed by atoms with Crippen LogP contribution in [-0.4, -0.2) is 25.1 Å². The number of alkyl halides is 2. The van der Waals surface area contributed by atoms with E-state index in [2.05, 4.69) is 10.1 Å². The third-order valence-corrected chi connectivity index (χ3v) is 2.82. The van der Waals surface area contributed by atoms with Gasteiger partial charge in [-0.05, 0) is 24.3 Å². The maximum absolute atomic E-state index is 12.1. The molecule has 1 heterocycles. The Balaban J connectivity index is 1.87. The summed E-state index contributed by atoms with van der Waals surface area (Å²) >= 11 is 5.75. The lowest BCUT2D eigenvalue weighted by Crippen LogP contribution is -2.20. The lowest BCUT2D eigenvalue weighted by atomic mass is 10.3. The van der Waals surface area contributed by atoms with Crippen molar-refractivity contribution < 1.29 is 32.3 Å². The zero-order valence-electron chi connectivity index (χ0n) is 11.4. The van der Waals surface area contributed by atoms with Gasteiger partial charge in [0.1, 0.15) is 12.0 Å². The maximum atomic E-state index is 12.1. The molecule has 0 saturated heterocycles. The van der Waals surface area contributed by atoms with Crippen LogP contribution in [0.25, 0.3) is 0 Å². The van der Waals surface area contributed by atoms with E-state index in [0.29, 0.717) is 0 Å². The summed E-state index contributed by atoms with van der Waals surface area (Å²) in [6.45, 7) is -3.54. The first-order valence-electron chi connectivity index (χ1n) is 6.19. The van der Waals surface area contributed by atoms with E-state index in [1.807, 2.05) is 0 Å². The average molecular weight is 346 g/mol. The SMILES string of the molecule is O=C(COC(=O)c1ccoc1)Nc1ccc(OC(F)F)c(Cl)c1. The van der Waals surface area contributed by atoms with Crippen LogP contribution in [0.1, 0.15) is 10.4 Å². The molecule has 1 amide bonds. The number of nitrogens with one attached hydrogen (secondary N) is 1. The Labute approximate surface area is 133 Å². The predicted octanol–water partition coefficient (Wildman–Crippen LogP) is 3.33. The molecule has 0 radical (unpaired) electrons. The highest BCUT2D eigenvalue weighted by molar-refractivity contribution is 6.32. The Hall–Kier alpha value is -2.61. The zero-order chi connectivity index (χ0) is 16.8. The molecule has 1 aromatic heterocycles. The van der Waals surface area contributed by atoms with E-state index in [4.69, 9.17) is 20.8 Å². The van der Waals surface area contributed by atoms with Gasteiger partial charge in [0.05, 0.1) is 16.8 Å². The third kappa shape index (κ3) is 4.96. The number of hydrogen-bond donors (Lipinski definition) is 1. The van der Waals surface area contributed by atoms with Crippen LogP contribution in [-0.2, 0) is 9.53 Å². The van der Waals surface area contributed by atoms with Crippen LogP contribution in [0.2, 0.25) is 5.02 Å². The minimum absolute atomic E-state index is 0.0986. The van der Waals surface area contributed by atoms with Crippen LogP contribution >= 0.6 is 11.6 Å². The molecule has 0 aliphatic carbocycles. The van der Waals surface area contributed by atoms with Crippen molar-refractivity contribution in [2.24, 2.45) is 0 Å². The Kier molecular flexibility index (Phi) is 5.53. The summed E-state index contributed by atoms with van der Waals surface area (Å²) in [5, 5.41) is 2.30. The molecule has 0 atom stereocenters. The topological polar surface area (TPSA) is 77.8 Å². The number of hydrogen-bond acceptors (Lipinski definition) is 5. The van der Waals surface area contributed by atoms with Gasteiger partial charge >= 0.3 is 12.6 Å². The minimum Gasteiger partial charge on any atom is -0.472 e. The Morgan fingerprint density at radius 1 is 1.30 bits per heavy atom. The van der Waals surface area contributed by atoms with Crippen molar-refractivity contribution in [2.45, 2.75) is 6.61 Å². The van der Waals surface area contributed by atoms with E-state index in [1.165, 1.54) is 36.8 Å². The predicted molar refractivity (Wildman–Crippen MR) is 75.7 cm³/mol. The van der Waals surface area contributed by atoms with Gasteiger partial charge < -0.3 is 19.2 Å². The Morgan fingerprint density at radius 3 is 2.70 bits per heavy atom. The second-order valence-electron chi connectivity index (χ2n) is 4.16. The van der Waals surface area contributed by atoms with Crippen LogP contribution in [0.15, 0.2) is 41.2 Å². The molecule has 0 bridgehead atoms. The molecule has 1 aromatic carbocycles. The number of esters is 1. The highest BCUT2D eigenvalue weighted by Crippen LogP contribution is 2.28. The van der Waals surface area contributed by atoms with Crippen molar-refractivity contribution in [3.8, 4) is 5.75 Å². The van der Waals surface area contributed by atoms with Gasteiger partial charge in [0, 0.05) is 5.69 Å². The maximum Gasteiger partial charge on any atom is 0.387 e. The molecule has 0 saturated carbocycles. The standard InChI is InChI=1S/C14H10ClF2NO5/c15-10-5-9(1-2-11(10)23-14(16)17)18-12(19)7-22-13(20)8-3-4-21-6-8/h1-6,14H,7H2,(H,18,19). The van der Waals surface area contributed by atoms with Gasteiger partial charge in [-0.1, -0.05) is 11.6 Å². The van der Waals surface area contributed by atoms with E-state index < -0.39 is 25.1 Å². The van der Waals surface area contributed by atoms with Gasteiger partial charge in [0.2, 0.25) is 0 Å². The smallest absolute Gasteiger partial charge is 0.387 e. The van der Waals surface area contributed by atoms with Crippen molar-refractivity contribution in [3.63, 3.8) is 0 Å². The quantitative estimate of drug-likeness (QED) is 0.812. The van der Waals surface area contributed by atoms with Gasteiger partial charge in [-0.3, -0.25) is 4.79 Å². The summed E-state index contributed by atoms with van der Waals surface area (Å²) < 4.78 is 37.8. The Bertz CT molecular complexity index is 690. The summed E-state index contributed by atoms with van der Waals surface area (Å²) in [7, 11) is 0. The summed E-state index contributed by atoms with van der Waals surface area (Å²) in [5.74, 6) is -1.56. The van der Waals surface area contributed by atoms with Crippen molar-refractivity contribution in [1.82, 2.24) is 0 Å². The highest BCUT2D eigenvalue weighted by Gasteiger charge is 2.13. The fraction of sp³-hybridized carbons (Fsp3) is 0.143. The minimum atomic E-state index is -3.00. The zero-order valence-corrected chi connectivity index (χ0v) is 12.2.